The summed E-state index contributed by atoms with van der Waals surface area (Å²) in [5.74, 6) is 1.54. The Morgan fingerprint density at radius 1 is 1.14 bits per heavy atom. The van der Waals surface area contributed by atoms with Crippen LogP contribution in [0.3, 0.4) is 0 Å². The molecule has 0 spiro atoms. The number of hydrogen-bond acceptors (Lipinski definition) is 10. The molecule has 1 aromatic carbocycles. The summed E-state index contributed by atoms with van der Waals surface area (Å²) in [7, 11) is 0.297. The first-order valence-electron chi connectivity index (χ1n) is 11.5. The summed E-state index contributed by atoms with van der Waals surface area (Å²) in [5.41, 5.74) is 0.435. The lowest BCUT2D eigenvalue weighted by Crippen LogP contribution is -2.33. The van der Waals surface area contributed by atoms with Crippen molar-refractivity contribution in [3.8, 4) is 17.2 Å². The molecular formula is C23H29ClN6O6S. The first-order valence-corrected chi connectivity index (χ1v) is 13.4. The SMILES string of the molecule is COc1cccc(OC)c1-n1c(NS(=O)(=O)[C@@H](C)[C@H](OC)c2ncc(Cl)cn2)nnc1[C@@H]1OCC[C@@H]1C. The van der Waals surface area contributed by atoms with Gasteiger partial charge in [-0.15, -0.1) is 10.2 Å². The highest BCUT2D eigenvalue weighted by atomic mass is 35.5. The fraction of sp³-hybridized carbons (Fsp3) is 0.478. The zero-order chi connectivity index (χ0) is 26.7. The molecule has 4 rings (SSSR count). The number of hydrogen-bond donors (Lipinski definition) is 1. The van der Waals surface area contributed by atoms with Crippen molar-refractivity contribution in [2.24, 2.45) is 5.92 Å². The van der Waals surface area contributed by atoms with Crippen molar-refractivity contribution in [2.75, 3.05) is 32.7 Å². The molecule has 0 amide bonds. The Kier molecular flexibility index (Phi) is 8.17. The largest absolute Gasteiger partial charge is 0.494 e. The molecule has 200 valence electrons. The van der Waals surface area contributed by atoms with Crippen molar-refractivity contribution < 1.29 is 27.4 Å². The highest BCUT2D eigenvalue weighted by molar-refractivity contribution is 7.93. The van der Waals surface area contributed by atoms with Crippen molar-refractivity contribution in [1.29, 1.82) is 0 Å². The normalized spacial score (nSPS) is 19.4. The average Bonchev–Trinajstić information content (AvgIpc) is 3.49. The molecule has 0 aliphatic carbocycles. The van der Waals surface area contributed by atoms with Crippen molar-refractivity contribution in [1.82, 2.24) is 24.7 Å². The van der Waals surface area contributed by atoms with Crippen LogP contribution < -0.4 is 14.2 Å². The summed E-state index contributed by atoms with van der Waals surface area (Å²) in [5, 5.41) is 7.74. The van der Waals surface area contributed by atoms with E-state index in [0.717, 1.165) is 6.42 Å². The van der Waals surface area contributed by atoms with Gasteiger partial charge in [0.25, 0.3) is 0 Å². The molecule has 4 atom stereocenters. The lowest BCUT2D eigenvalue weighted by atomic mass is 10.0. The van der Waals surface area contributed by atoms with E-state index in [-0.39, 0.29) is 17.7 Å². The molecule has 0 saturated carbocycles. The van der Waals surface area contributed by atoms with Gasteiger partial charge in [0.1, 0.15) is 34.6 Å². The van der Waals surface area contributed by atoms with Gasteiger partial charge < -0.3 is 18.9 Å². The summed E-state index contributed by atoms with van der Waals surface area (Å²) in [6, 6.07) is 5.24. The van der Waals surface area contributed by atoms with Gasteiger partial charge in [-0.1, -0.05) is 24.6 Å². The van der Waals surface area contributed by atoms with E-state index >= 15 is 0 Å². The highest BCUT2D eigenvalue weighted by Gasteiger charge is 2.37. The minimum absolute atomic E-state index is 0.0563. The number of halogens is 1. The second kappa shape index (κ2) is 11.2. The standard InChI is InChI=1S/C23H29ClN6O6S/c1-13-9-10-36-19(13)22-27-28-23(30(22)18-16(33-3)7-6-8-17(18)34-4)29-37(31,32)14(2)20(35-5)21-25-11-15(24)12-26-21/h6-8,11-14,19-20H,9-10H2,1-5H3,(H,28,29)/t13-,14-,19+,20-/m0/s1. The second-order valence-corrected chi connectivity index (χ2v) is 11.0. The van der Waals surface area contributed by atoms with E-state index in [0.29, 0.717) is 34.6 Å². The van der Waals surface area contributed by atoms with Crippen LogP contribution in [0.4, 0.5) is 5.95 Å². The Balaban J connectivity index is 1.80. The van der Waals surface area contributed by atoms with Crippen LogP contribution in [-0.2, 0) is 19.5 Å². The number of aromatic nitrogens is 5. The molecule has 14 heteroatoms. The van der Waals surface area contributed by atoms with Gasteiger partial charge in [-0.3, -0.25) is 9.29 Å². The zero-order valence-electron chi connectivity index (χ0n) is 21.1. The quantitative estimate of drug-likeness (QED) is 0.398. The summed E-state index contributed by atoms with van der Waals surface area (Å²) < 4.78 is 53.9. The third kappa shape index (κ3) is 5.35. The van der Waals surface area contributed by atoms with Crippen LogP contribution in [-0.4, -0.2) is 66.3 Å². The molecule has 2 aromatic heterocycles. The number of anilines is 1. The third-order valence-electron chi connectivity index (χ3n) is 6.25. The number of para-hydroxylation sites is 1. The Morgan fingerprint density at radius 3 is 2.32 bits per heavy atom. The van der Waals surface area contributed by atoms with Crippen LogP contribution in [0.5, 0.6) is 11.5 Å². The molecule has 1 aliphatic heterocycles. The molecule has 3 heterocycles. The van der Waals surface area contributed by atoms with Crippen molar-refractivity contribution in [2.45, 2.75) is 37.7 Å². The molecule has 37 heavy (non-hydrogen) atoms. The van der Waals surface area contributed by atoms with Crippen molar-refractivity contribution >= 4 is 27.6 Å². The number of ether oxygens (including phenoxy) is 4. The molecule has 12 nitrogen and oxygen atoms in total. The van der Waals surface area contributed by atoms with Crippen molar-refractivity contribution in [3.63, 3.8) is 0 Å². The molecular weight excluding hydrogens is 524 g/mol. The van der Waals surface area contributed by atoms with E-state index in [1.54, 1.807) is 22.8 Å². The van der Waals surface area contributed by atoms with Crippen molar-refractivity contribution in [3.05, 3.63) is 47.3 Å². The van der Waals surface area contributed by atoms with Gasteiger partial charge in [-0.25, -0.2) is 18.4 Å². The fourth-order valence-corrected chi connectivity index (χ4v) is 5.43. The van der Waals surface area contributed by atoms with Gasteiger partial charge in [0.15, 0.2) is 11.6 Å². The number of rotatable bonds is 10. The maximum Gasteiger partial charge on any atom is 0.243 e. The van der Waals surface area contributed by atoms with Crippen LogP contribution in [0.1, 0.15) is 44.1 Å². The van der Waals surface area contributed by atoms with E-state index in [2.05, 4.69) is 24.9 Å². The Morgan fingerprint density at radius 2 is 1.78 bits per heavy atom. The van der Waals surface area contributed by atoms with E-state index in [9.17, 15) is 8.42 Å². The molecule has 1 aliphatic rings. The first kappa shape index (κ1) is 27.0. The predicted molar refractivity (Wildman–Crippen MR) is 136 cm³/mol. The van der Waals surface area contributed by atoms with Crippen LogP contribution in [0.25, 0.3) is 5.69 Å². The maximum absolute atomic E-state index is 13.6. The molecule has 3 aromatic rings. The van der Waals surface area contributed by atoms with Gasteiger partial charge >= 0.3 is 0 Å². The van der Waals surface area contributed by atoms with Gasteiger partial charge in [0, 0.05) is 26.1 Å². The smallest absolute Gasteiger partial charge is 0.243 e. The molecule has 1 saturated heterocycles. The Hall–Kier alpha value is -3.00. The summed E-state index contributed by atoms with van der Waals surface area (Å²) >= 11 is 5.88. The number of methoxy groups -OCH3 is 3. The maximum atomic E-state index is 13.6. The Labute approximate surface area is 220 Å². The lowest BCUT2D eigenvalue weighted by Gasteiger charge is -2.23. The minimum atomic E-state index is -4.11. The fourth-order valence-electron chi connectivity index (χ4n) is 4.20. The second-order valence-electron chi connectivity index (χ2n) is 8.55. The van der Waals surface area contributed by atoms with E-state index in [1.165, 1.54) is 40.6 Å². The van der Waals surface area contributed by atoms with Gasteiger partial charge in [-0.2, -0.15) is 0 Å². The van der Waals surface area contributed by atoms with E-state index in [1.807, 2.05) is 6.92 Å². The predicted octanol–water partition coefficient (Wildman–Crippen LogP) is 3.34. The van der Waals surface area contributed by atoms with Gasteiger partial charge in [0.05, 0.1) is 19.2 Å². The van der Waals surface area contributed by atoms with Crippen LogP contribution in [0, 0.1) is 5.92 Å². The zero-order valence-corrected chi connectivity index (χ0v) is 22.7. The molecule has 1 N–H and O–H groups in total. The monoisotopic (exact) mass is 552 g/mol. The van der Waals surface area contributed by atoms with E-state index in [4.69, 9.17) is 30.5 Å². The van der Waals surface area contributed by atoms with Crippen LogP contribution in [0.15, 0.2) is 30.6 Å². The molecule has 0 bridgehead atoms. The lowest BCUT2D eigenvalue weighted by molar-refractivity contribution is 0.0858. The first-order chi connectivity index (χ1) is 17.7. The molecule has 0 radical (unpaired) electrons. The summed E-state index contributed by atoms with van der Waals surface area (Å²) in [6.45, 7) is 4.08. The Bertz CT molecular complexity index is 1310. The topological polar surface area (TPSA) is 140 Å². The molecule has 0 unspecified atom stereocenters. The summed E-state index contributed by atoms with van der Waals surface area (Å²) in [4.78, 5) is 8.25. The highest BCUT2D eigenvalue weighted by Crippen LogP contribution is 2.40. The third-order valence-corrected chi connectivity index (χ3v) is 8.14. The van der Waals surface area contributed by atoms with Crippen LogP contribution >= 0.6 is 11.6 Å². The number of nitrogens with zero attached hydrogens (tertiary/aromatic N) is 5. The number of sulfonamides is 1. The van der Waals surface area contributed by atoms with Gasteiger partial charge in [-0.05, 0) is 31.4 Å². The molecule has 1 fully saturated rings. The van der Waals surface area contributed by atoms with E-state index < -0.39 is 27.5 Å². The summed E-state index contributed by atoms with van der Waals surface area (Å²) in [6.07, 6.45) is 2.19. The average molecular weight is 553 g/mol. The number of nitrogens with one attached hydrogen (secondary N) is 1. The van der Waals surface area contributed by atoms with Gasteiger partial charge in [0.2, 0.25) is 16.0 Å². The number of benzene rings is 1. The minimum Gasteiger partial charge on any atom is -0.494 e. The van der Waals surface area contributed by atoms with Crippen LogP contribution in [0.2, 0.25) is 5.02 Å².